The molecule has 0 atom stereocenters. The maximum Gasteiger partial charge on any atom is 0.407 e. The summed E-state index contributed by atoms with van der Waals surface area (Å²) in [6.45, 7) is 6.49. The van der Waals surface area contributed by atoms with Crippen molar-refractivity contribution in [2.75, 3.05) is 26.7 Å². The average Bonchev–Trinajstić information content (AvgIpc) is 2.53. The highest BCUT2D eigenvalue weighted by Gasteiger charge is 2.16. The van der Waals surface area contributed by atoms with Gasteiger partial charge in [-0.2, -0.15) is 0 Å². The van der Waals surface area contributed by atoms with E-state index < -0.39 is 11.7 Å². The third-order valence-electron chi connectivity index (χ3n) is 3.70. The molecule has 0 aromatic rings. The van der Waals surface area contributed by atoms with Gasteiger partial charge in [-0.3, -0.25) is 9.79 Å². The van der Waals surface area contributed by atoms with Crippen molar-refractivity contribution in [2.24, 2.45) is 4.99 Å². The normalized spacial score (nSPS) is 16.1. The van der Waals surface area contributed by atoms with E-state index in [1.807, 2.05) is 20.8 Å². The molecule has 8 heteroatoms. The number of ether oxygens (including phenoxy) is 1. The molecule has 0 aromatic heterocycles. The van der Waals surface area contributed by atoms with Crippen molar-refractivity contribution >= 4 is 18.0 Å². The standard InChI is InChI=1S/C17H33N5O3/c1-17(2,3)25-16(24)20-11-10-19-15(18-4)21-12-14(23)22-13-8-6-5-7-9-13/h13H,5-12H2,1-4H3,(H,20,24)(H,22,23)(H2,18,19,21). The number of carbonyl (C=O) groups excluding carboxylic acids is 2. The zero-order chi connectivity index (χ0) is 18.7. The number of hydrogen-bond donors (Lipinski definition) is 4. The predicted molar refractivity (Wildman–Crippen MR) is 98.6 cm³/mol. The van der Waals surface area contributed by atoms with Crippen molar-refractivity contribution in [3.8, 4) is 0 Å². The molecule has 0 saturated heterocycles. The minimum absolute atomic E-state index is 0.0262. The molecule has 1 aliphatic rings. The summed E-state index contributed by atoms with van der Waals surface area (Å²) in [5, 5.41) is 11.7. The Morgan fingerprint density at radius 3 is 2.28 bits per heavy atom. The van der Waals surface area contributed by atoms with E-state index in [-0.39, 0.29) is 12.5 Å². The molecule has 0 unspecified atom stereocenters. The Morgan fingerprint density at radius 1 is 1.04 bits per heavy atom. The van der Waals surface area contributed by atoms with E-state index in [9.17, 15) is 9.59 Å². The van der Waals surface area contributed by atoms with Crippen molar-refractivity contribution in [1.82, 2.24) is 21.3 Å². The molecular formula is C17H33N5O3. The summed E-state index contributed by atoms with van der Waals surface area (Å²) in [6, 6.07) is 0.302. The zero-order valence-corrected chi connectivity index (χ0v) is 15.9. The van der Waals surface area contributed by atoms with E-state index in [1.54, 1.807) is 7.05 Å². The molecule has 0 radical (unpaired) electrons. The molecule has 1 fully saturated rings. The van der Waals surface area contributed by atoms with Crippen molar-refractivity contribution in [2.45, 2.75) is 64.5 Å². The fourth-order valence-electron chi connectivity index (χ4n) is 2.57. The molecule has 144 valence electrons. The van der Waals surface area contributed by atoms with Gasteiger partial charge in [-0.05, 0) is 33.6 Å². The van der Waals surface area contributed by atoms with Crippen molar-refractivity contribution < 1.29 is 14.3 Å². The lowest BCUT2D eigenvalue weighted by atomic mass is 9.95. The average molecular weight is 355 g/mol. The van der Waals surface area contributed by atoms with Gasteiger partial charge in [0.15, 0.2) is 5.96 Å². The molecule has 0 heterocycles. The van der Waals surface area contributed by atoms with E-state index in [2.05, 4.69) is 26.3 Å². The highest BCUT2D eigenvalue weighted by molar-refractivity contribution is 5.86. The highest BCUT2D eigenvalue weighted by Crippen LogP contribution is 2.17. The number of hydrogen-bond acceptors (Lipinski definition) is 4. The Balaban J connectivity index is 2.15. The third kappa shape index (κ3) is 10.5. The Labute approximate surface area is 150 Å². The molecule has 4 N–H and O–H groups in total. The molecule has 2 amide bonds. The summed E-state index contributed by atoms with van der Waals surface area (Å²) < 4.78 is 5.15. The van der Waals surface area contributed by atoms with Gasteiger partial charge in [-0.25, -0.2) is 4.79 Å². The van der Waals surface area contributed by atoms with Gasteiger partial charge < -0.3 is 26.0 Å². The van der Waals surface area contributed by atoms with E-state index in [1.165, 1.54) is 19.3 Å². The molecule has 25 heavy (non-hydrogen) atoms. The number of nitrogens with zero attached hydrogens (tertiary/aromatic N) is 1. The van der Waals surface area contributed by atoms with Gasteiger partial charge in [0, 0.05) is 26.2 Å². The number of rotatable bonds is 6. The molecule has 1 aliphatic carbocycles. The molecule has 1 saturated carbocycles. The fourth-order valence-corrected chi connectivity index (χ4v) is 2.57. The van der Waals surface area contributed by atoms with Crippen LogP contribution in [0.1, 0.15) is 52.9 Å². The van der Waals surface area contributed by atoms with Crippen molar-refractivity contribution in [3.05, 3.63) is 0 Å². The van der Waals surface area contributed by atoms with E-state index in [4.69, 9.17) is 4.74 Å². The number of carbonyl (C=O) groups is 2. The van der Waals surface area contributed by atoms with Gasteiger partial charge in [0.1, 0.15) is 5.60 Å². The lowest BCUT2D eigenvalue weighted by molar-refractivity contribution is -0.120. The van der Waals surface area contributed by atoms with Crippen LogP contribution in [0.2, 0.25) is 0 Å². The van der Waals surface area contributed by atoms with Crippen LogP contribution in [-0.4, -0.2) is 56.3 Å². The van der Waals surface area contributed by atoms with Crippen LogP contribution in [0.3, 0.4) is 0 Å². The molecule has 8 nitrogen and oxygen atoms in total. The van der Waals surface area contributed by atoms with Gasteiger partial charge in [-0.1, -0.05) is 19.3 Å². The fraction of sp³-hybridized carbons (Fsp3) is 0.824. The Hall–Kier alpha value is -1.99. The molecular weight excluding hydrogens is 322 g/mol. The summed E-state index contributed by atoms with van der Waals surface area (Å²) in [5.41, 5.74) is -0.513. The van der Waals surface area contributed by atoms with Gasteiger partial charge >= 0.3 is 6.09 Å². The van der Waals surface area contributed by atoms with Gasteiger partial charge in [-0.15, -0.1) is 0 Å². The lowest BCUT2D eigenvalue weighted by Gasteiger charge is -2.23. The lowest BCUT2D eigenvalue weighted by Crippen LogP contribution is -2.47. The van der Waals surface area contributed by atoms with Crippen molar-refractivity contribution in [1.29, 1.82) is 0 Å². The SMILES string of the molecule is CN=C(NCCNC(=O)OC(C)(C)C)NCC(=O)NC1CCCCC1. The topological polar surface area (TPSA) is 104 Å². The van der Waals surface area contributed by atoms with Crippen LogP contribution < -0.4 is 21.3 Å². The monoisotopic (exact) mass is 355 g/mol. The Morgan fingerprint density at radius 2 is 1.68 bits per heavy atom. The van der Waals surface area contributed by atoms with E-state index in [0.717, 1.165) is 12.8 Å². The highest BCUT2D eigenvalue weighted by atomic mass is 16.6. The van der Waals surface area contributed by atoms with Crippen LogP contribution in [0, 0.1) is 0 Å². The second-order valence-electron chi connectivity index (χ2n) is 7.18. The number of nitrogens with one attached hydrogen (secondary N) is 4. The second kappa shape index (κ2) is 10.8. The smallest absolute Gasteiger partial charge is 0.407 e. The maximum absolute atomic E-state index is 12.0. The Kier molecular flexibility index (Phi) is 9.08. The van der Waals surface area contributed by atoms with Crippen LogP contribution in [0.25, 0.3) is 0 Å². The predicted octanol–water partition coefficient (Wildman–Crippen LogP) is 1.12. The van der Waals surface area contributed by atoms with E-state index >= 15 is 0 Å². The summed E-state index contributed by atoms with van der Waals surface area (Å²) in [5.74, 6) is 0.492. The summed E-state index contributed by atoms with van der Waals surface area (Å²) >= 11 is 0. The Bertz CT molecular complexity index is 454. The molecule has 0 spiro atoms. The number of alkyl carbamates (subject to hydrolysis) is 1. The first-order chi connectivity index (χ1) is 11.8. The number of amides is 2. The van der Waals surface area contributed by atoms with Gasteiger partial charge in [0.25, 0.3) is 0 Å². The summed E-state index contributed by atoms with van der Waals surface area (Å²) in [4.78, 5) is 27.5. The van der Waals surface area contributed by atoms with Gasteiger partial charge in [0.05, 0.1) is 6.54 Å². The minimum Gasteiger partial charge on any atom is -0.444 e. The first kappa shape index (κ1) is 21.1. The molecule has 0 bridgehead atoms. The minimum atomic E-state index is -0.513. The molecule has 1 rings (SSSR count). The van der Waals surface area contributed by atoms with Crippen LogP contribution in [0.15, 0.2) is 4.99 Å². The summed E-state index contributed by atoms with van der Waals surface area (Å²) in [6.07, 6.45) is 5.31. The quantitative estimate of drug-likeness (QED) is 0.325. The third-order valence-corrected chi connectivity index (χ3v) is 3.70. The zero-order valence-electron chi connectivity index (χ0n) is 15.9. The van der Waals surface area contributed by atoms with Crippen LogP contribution in [0.5, 0.6) is 0 Å². The first-order valence-electron chi connectivity index (χ1n) is 9.01. The summed E-state index contributed by atoms with van der Waals surface area (Å²) in [7, 11) is 1.63. The largest absolute Gasteiger partial charge is 0.444 e. The number of aliphatic imine (C=N–C) groups is 1. The molecule has 0 aromatic carbocycles. The van der Waals surface area contributed by atoms with Gasteiger partial charge in [0.2, 0.25) is 5.91 Å². The van der Waals surface area contributed by atoms with Crippen LogP contribution in [-0.2, 0) is 9.53 Å². The van der Waals surface area contributed by atoms with Crippen molar-refractivity contribution in [3.63, 3.8) is 0 Å². The first-order valence-corrected chi connectivity index (χ1v) is 9.01. The number of guanidine groups is 1. The molecule has 0 aliphatic heterocycles. The maximum atomic E-state index is 12.0. The van der Waals surface area contributed by atoms with E-state index in [0.29, 0.717) is 25.1 Å². The van der Waals surface area contributed by atoms with Crippen LogP contribution in [0.4, 0.5) is 4.79 Å². The second-order valence-corrected chi connectivity index (χ2v) is 7.18. The van der Waals surface area contributed by atoms with Crippen LogP contribution >= 0.6 is 0 Å².